The largest absolute Gasteiger partial charge is 0.508 e. The molecule has 3 rings (SSSR count). The number of aromatic hydroxyl groups is 2. The lowest BCUT2D eigenvalue weighted by molar-refractivity contribution is 0.474. The van der Waals surface area contributed by atoms with Crippen molar-refractivity contribution in [2.24, 2.45) is 0 Å². The molecule has 0 fully saturated rings. The van der Waals surface area contributed by atoms with Gasteiger partial charge in [-0.05, 0) is 77.8 Å². The van der Waals surface area contributed by atoms with Crippen LogP contribution in [0.1, 0.15) is 42.9 Å². The van der Waals surface area contributed by atoms with Crippen molar-refractivity contribution in [2.75, 3.05) is 0 Å². The maximum Gasteiger partial charge on any atom is 0.115 e. The molecule has 0 atom stereocenters. The van der Waals surface area contributed by atoms with Gasteiger partial charge in [0, 0.05) is 0 Å². The molecule has 0 amide bonds. The molecular formula is C19H20O2. The van der Waals surface area contributed by atoms with Crippen LogP contribution in [0.5, 0.6) is 11.5 Å². The Kier molecular flexibility index (Phi) is 3.70. The molecule has 0 aromatic heterocycles. The molecule has 0 radical (unpaired) electrons. The highest BCUT2D eigenvalue weighted by atomic mass is 16.3. The third kappa shape index (κ3) is 2.66. The lowest BCUT2D eigenvalue weighted by Gasteiger charge is -2.14. The van der Waals surface area contributed by atoms with Crippen LogP contribution in [0.15, 0.2) is 42.5 Å². The van der Waals surface area contributed by atoms with Gasteiger partial charge in [-0.25, -0.2) is 0 Å². The molecule has 2 aromatic carbocycles. The predicted molar refractivity (Wildman–Crippen MR) is 86.3 cm³/mol. The van der Waals surface area contributed by atoms with Gasteiger partial charge in [0.25, 0.3) is 0 Å². The summed E-state index contributed by atoms with van der Waals surface area (Å²) in [6.45, 7) is 2.18. The smallest absolute Gasteiger partial charge is 0.115 e. The summed E-state index contributed by atoms with van der Waals surface area (Å²) in [6.07, 6.45) is 4.07. The van der Waals surface area contributed by atoms with Crippen molar-refractivity contribution in [3.8, 4) is 11.5 Å². The van der Waals surface area contributed by atoms with Gasteiger partial charge in [-0.1, -0.05) is 25.1 Å². The number of fused-ring (bicyclic) bond motifs is 1. The first-order valence-corrected chi connectivity index (χ1v) is 7.52. The van der Waals surface area contributed by atoms with Crippen molar-refractivity contribution in [3.05, 3.63) is 59.2 Å². The quantitative estimate of drug-likeness (QED) is 0.833. The van der Waals surface area contributed by atoms with Crippen LogP contribution < -0.4 is 0 Å². The van der Waals surface area contributed by atoms with E-state index < -0.39 is 0 Å². The van der Waals surface area contributed by atoms with Crippen molar-refractivity contribution in [2.45, 2.75) is 32.6 Å². The lowest BCUT2D eigenvalue weighted by atomic mass is 9.91. The van der Waals surface area contributed by atoms with Gasteiger partial charge < -0.3 is 10.2 Å². The minimum absolute atomic E-state index is 0.302. The molecule has 1 aliphatic carbocycles. The number of phenols is 2. The summed E-state index contributed by atoms with van der Waals surface area (Å²) in [5.74, 6) is 0.647. The summed E-state index contributed by atoms with van der Waals surface area (Å²) in [4.78, 5) is 0. The fourth-order valence-electron chi connectivity index (χ4n) is 3.24. The summed E-state index contributed by atoms with van der Waals surface area (Å²) in [7, 11) is 0. The van der Waals surface area contributed by atoms with Crippen LogP contribution in [0.2, 0.25) is 0 Å². The van der Waals surface area contributed by atoms with Crippen LogP contribution in [-0.4, -0.2) is 10.2 Å². The van der Waals surface area contributed by atoms with E-state index in [1.807, 2.05) is 24.3 Å². The summed E-state index contributed by atoms with van der Waals surface area (Å²) in [6, 6.07) is 13.2. The average molecular weight is 280 g/mol. The van der Waals surface area contributed by atoms with Gasteiger partial charge in [-0.15, -0.1) is 0 Å². The molecule has 108 valence electrons. The van der Waals surface area contributed by atoms with E-state index in [1.165, 1.54) is 27.8 Å². The van der Waals surface area contributed by atoms with Crippen LogP contribution in [0.3, 0.4) is 0 Å². The molecule has 0 saturated carbocycles. The number of allylic oxidation sites excluding steroid dienone is 2. The van der Waals surface area contributed by atoms with Crippen molar-refractivity contribution in [3.63, 3.8) is 0 Å². The van der Waals surface area contributed by atoms with Gasteiger partial charge in [0.15, 0.2) is 0 Å². The number of hydrogen-bond donors (Lipinski definition) is 2. The summed E-state index contributed by atoms with van der Waals surface area (Å²) < 4.78 is 0. The average Bonchev–Trinajstić information content (AvgIpc) is 2.66. The van der Waals surface area contributed by atoms with E-state index in [4.69, 9.17) is 0 Å². The number of aryl methyl sites for hydroxylation is 1. The molecular weight excluding hydrogens is 260 g/mol. The van der Waals surface area contributed by atoms with Crippen LogP contribution in [0.4, 0.5) is 0 Å². The Labute approximate surface area is 125 Å². The van der Waals surface area contributed by atoms with Crippen molar-refractivity contribution in [1.29, 1.82) is 0 Å². The maximum absolute atomic E-state index is 9.71. The van der Waals surface area contributed by atoms with E-state index in [1.54, 1.807) is 18.2 Å². The Morgan fingerprint density at radius 3 is 2.33 bits per heavy atom. The Morgan fingerprint density at radius 2 is 1.62 bits per heavy atom. The second kappa shape index (κ2) is 5.65. The molecule has 2 N–H and O–H groups in total. The first kappa shape index (κ1) is 13.7. The van der Waals surface area contributed by atoms with Gasteiger partial charge in [0.05, 0.1) is 0 Å². The summed E-state index contributed by atoms with van der Waals surface area (Å²) >= 11 is 0. The Morgan fingerprint density at radius 1 is 0.905 bits per heavy atom. The number of benzene rings is 2. The Hall–Kier alpha value is -2.22. The molecule has 0 heterocycles. The summed E-state index contributed by atoms with van der Waals surface area (Å²) in [5, 5.41) is 19.2. The Balaban J connectivity index is 2.16. The highest BCUT2D eigenvalue weighted by Gasteiger charge is 2.17. The second-order valence-corrected chi connectivity index (χ2v) is 5.55. The first-order chi connectivity index (χ1) is 10.2. The molecule has 0 saturated heterocycles. The molecule has 0 spiro atoms. The van der Waals surface area contributed by atoms with Crippen molar-refractivity contribution in [1.82, 2.24) is 0 Å². The van der Waals surface area contributed by atoms with E-state index in [9.17, 15) is 10.2 Å². The van der Waals surface area contributed by atoms with Crippen LogP contribution >= 0.6 is 0 Å². The molecule has 0 unspecified atom stereocenters. The van der Waals surface area contributed by atoms with E-state index in [-0.39, 0.29) is 0 Å². The van der Waals surface area contributed by atoms with E-state index in [0.29, 0.717) is 11.5 Å². The number of hydrogen-bond acceptors (Lipinski definition) is 2. The highest BCUT2D eigenvalue weighted by Crippen LogP contribution is 2.38. The van der Waals surface area contributed by atoms with E-state index >= 15 is 0 Å². The normalized spacial score (nSPS) is 14.7. The second-order valence-electron chi connectivity index (χ2n) is 5.55. The van der Waals surface area contributed by atoms with Crippen molar-refractivity contribution < 1.29 is 10.2 Å². The fraction of sp³-hybridized carbons (Fsp3) is 0.263. The summed E-state index contributed by atoms with van der Waals surface area (Å²) in [5.41, 5.74) is 6.40. The van der Waals surface area contributed by atoms with Gasteiger partial charge in [-0.2, -0.15) is 0 Å². The SMILES string of the molecule is CCC1=C(c2ccc(O)cc2)CCCc2cc(O)ccc21. The Bertz CT molecular complexity index is 681. The molecule has 2 aromatic rings. The van der Waals surface area contributed by atoms with E-state index in [2.05, 4.69) is 6.92 Å². The molecule has 21 heavy (non-hydrogen) atoms. The molecule has 0 aliphatic heterocycles. The van der Waals surface area contributed by atoms with Gasteiger partial charge in [0.1, 0.15) is 11.5 Å². The molecule has 1 aliphatic rings. The highest BCUT2D eigenvalue weighted by molar-refractivity contribution is 5.92. The first-order valence-electron chi connectivity index (χ1n) is 7.52. The minimum Gasteiger partial charge on any atom is -0.508 e. The number of phenolic OH excluding ortho intramolecular Hbond substituents is 2. The fourth-order valence-corrected chi connectivity index (χ4v) is 3.24. The van der Waals surface area contributed by atoms with Gasteiger partial charge in [-0.3, -0.25) is 0 Å². The zero-order chi connectivity index (χ0) is 14.8. The maximum atomic E-state index is 9.71. The van der Waals surface area contributed by atoms with Crippen LogP contribution in [-0.2, 0) is 6.42 Å². The van der Waals surface area contributed by atoms with Gasteiger partial charge >= 0.3 is 0 Å². The molecule has 2 heteroatoms. The predicted octanol–water partition coefficient (Wildman–Crippen LogP) is 4.75. The third-order valence-electron chi connectivity index (χ3n) is 4.22. The van der Waals surface area contributed by atoms with E-state index in [0.717, 1.165) is 25.7 Å². The molecule has 0 bridgehead atoms. The number of rotatable bonds is 2. The van der Waals surface area contributed by atoms with Gasteiger partial charge in [0.2, 0.25) is 0 Å². The molecule has 2 nitrogen and oxygen atoms in total. The monoisotopic (exact) mass is 280 g/mol. The zero-order valence-corrected chi connectivity index (χ0v) is 12.3. The third-order valence-corrected chi connectivity index (χ3v) is 4.22. The lowest BCUT2D eigenvalue weighted by Crippen LogP contribution is -1.92. The zero-order valence-electron chi connectivity index (χ0n) is 12.3. The van der Waals surface area contributed by atoms with Crippen LogP contribution in [0, 0.1) is 0 Å². The van der Waals surface area contributed by atoms with Crippen LogP contribution in [0.25, 0.3) is 11.1 Å². The topological polar surface area (TPSA) is 40.5 Å². The standard InChI is InChI=1S/C19H20O2/c1-2-17-18(13-6-8-15(20)9-7-13)5-3-4-14-12-16(21)10-11-19(14)17/h6-12,20-21H,2-5H2,1H3. The minimum atomic E-state index is 0.302. The van der Waals surface area contributed by atoms with Crippen molar-refractivity contribution >= 4 is 11.1 Å².